The highest BCUT2D eigenvalue weighted by Gasteiger charge is 2.24. The standard InChI is InChI=1S/C13H28N2/c1-10(2)7-11(3)15(4)9-12-5-6-13(14)8-12/h10-13H,5-9,14H2,1-4H3. The van der Waals surface area contributed by atoms with Crippen molar-refractivity contribution in [3.8, 4) is 0 Å². The predicted octanol–water partition coefficient (Wildman–Crippen LogP) is 2.48. The first-order chi connectivity index (χ1) is 6.99. The van der Waals surface area contributed by atoms with Crippen molar-refractivity contribution in [1.29, 1.82) is 0 Å². The summed E-state index contributed by atoms with van der Waals surface area (Å²) < 4.78 is 0. The second-order valence-corrected chi connectivity index (χ2v) is 5.86. The normalized spacial score (nSPS) is 29.0. The van der Waals surface area contributed by atoms with Crippen LogP contribution < -0.4 is 5.73 Å². The number of hydrogen-bond donors (Lipinski definition) is 1. The average molecular weight is 212 g/mol. The molecule has 1 aliphatic rings. The molecule has 0 saturated heterocycles. The molecule has 90 valence electrons. The highest BCUT2D eigenvalue weighted by Crippen LogP contribution is 2.25. The van der Waals surface area contributed by atoms with Gasteiger partial charge in [0.2, 0.25) is 0 Å². The van der Waals surface area contributed by atoms with Gasteiger partial charge in [0, 0.05) is 18.6 Å². The van der Waals surface area contributed by atoms with Gasteiger partial charge in [-0.2, -0.15) is 0 Å². The molecular weight excluding hydrogens is 184 g/mol. The Morgan fingerprint density at radius 2 is 1.93 bits per heavy atom. The van der Waals surface area contributed by atoms with Crippen LogP contribution in [-0.4, -0.2) is 30.6 Å². The summed E-state index contributed by atoms with van der Waals surface area (Å²) in [5, 5.41) is 0. The lowest BCUT2D eigenvalue weighted by molar-refractivity contribution is 0.196. The second-order valence-electron chi connectivity index (χ2n) is 5.86. The largest absolute Gasteiger partial charge is 0.328 e. The molecule has 2 N–H and O–H groups in total. The highest BCUT2D eigenvalue weighted by molar-refractivity contribution is 4.80. The summed E-state index contributed by atoms with van der Waals surface area (Å²) in [5.74, 6) is 1.65. The van der Waals surface area contributed by atoms with Crippen LogP contribution in [0.5, 0.6) is 0 Å². The minimum atomic E-state index is 0.476. The molecule has 0 aromatic heterocycles. The van der Waals surface area contributed by atoms with Crippen molar-refractivity contribution in [3.05, 3.63) is 0 Å². The van der Waals surface area contributed by atoms with E-state index in [2.05, 4.69) is 32.7 Å². The monoisotopic (exact) mass is 212 g/mol. The van der Waals surface area contributed by atoms with Crippen LogP contribution in [0.3, 0.4) is 0 Å². The molecule has 3 atom stereocenters. The minimum absolute atomic E-state index is 0.476. The van der Waals surface area contributed by atoms with Crippen molar-refractivity contribution in [2.45, 2.75) is 58.5 Å². The van der Waals surface area contributed by atoms with Crippen LogP contribution in [0.1, 0.15) is 46.5 Å². The maximum atomic E-state index is 5.94. The molecule has 1 saturated carbocycles. The summed E-state index contributed by atoms with van der Waals surface area (Å²) in [5.41, 5.74) is 5.94. The molecule has 0 spiro atoms. The van der Waals surface area contributed by atoms with Crippen LogP contribution in [0.4, 0.5) is 0 Å². The summed E-state index contributed by atoms with van der Waals surface area (Å²) in [6.07, 6.45) is 5.10. The van der Waals surface area contributed by atoms with Gasteiger partial charge in [0.25, 0.3) is 0 Å². The Hall–Kier alpha value is -0.0800. The van der Waals surface area contributed by atoms with E-state index in [4.69, 9.17) is 5.73 Å². The molecule has 1 rings (SSSR count). The van der Waals surface area contributed by atoms with Gasteiger partial charge in [0.15, 0.2) is 0 Å². The molecule has 0 amide bonds. The van der Waals surface area contributed by atoms with Crippen LogP contribution >= 0.6 is 0 Å². The molecule has 0 heterocycles. The van der Waals surface area contributed by atoms with Crippen LogP contribution in [0.15, 0.2) is 0 Å². The molecule has 0 aliphatic heterocycles. The van der Waals surface area contributed by atoms with Crippen LogP contribution in [-0.2, 0) is 0 Å². The fourth-order valence-corrected chi connectivity index (χ4v) is 2.73. The summed E-state index contributed by atoms with van der Waals surface area (Å²) >= 11 is 0. The molecule has 1 fully saturated rings. The maximum absolute atomic E-state index is 5.94. The zero-order valence-corrected chi connectivity index (χ0v) is 10.9. The number of nitrogens with zero attached hydrogens (tertiary/aromatic N) is 1. The number of rotatable bonds is 5. The lowest BCUT2D eigenvalue weighted by Crippen LogP contribution is -2.34. The number of nitrogens with two attached hydrogens (primary N) is 1. The van der Waals surface area contributed by atoms with Gasteiger partial charge in [-0.05, 0) is 51.5 Å². The first-order valence-corrected chi connectivity index (χ1v) is 6.44. The van der Waals surface area contributed by atoms with Crippen LogP contribution in [0.2, 0.25) is 0 Å². The Bertz CT molecular complexity index is 179. The quantitative estimate of drug-likeness (QED) is 0.758. The fraction of sp³-hybridized carbons (Fsp3) is 1.00. The number of hydrogen-bond acceptors (Lipinski definition) is 2. The van der Waals surface area contributed by atoms with Gasteiger partial charge in [0.05, 0.1) is 0 Å². The lowest BCUT2D eigenvalue weighted by atomic mass is 10.0. The summed E-state index contributed by atoms with van der Waals surface area (Å²) in [6.45, 7) is 8.18. The van der Waals surface area contributed by atoms with Crippen molar-refractivity contribution in [2.75, 3.05) is 13.6 Å². The molecule has 15 heavy (non-hydrogen) atoms. The molecule has 0 bridgehead atoms. The average Bonchev–Trinajstić information content (AvgIpc) is 2.50. The molecule has 0 aromatic carbocycles. The van der Waals surface area contributed by atoms with Crippen molar-refractivity contribution in [1.82, 2.24) is 4.90 Å². The molecule has 0 aromatic rings. The smallest absolute Gasteiger partial charge is 0.00664 e. The molecule has 1 aliphatic carbocycles. The Balaban J connectivity index is 2.25. The van der Waals surface area contributed by atoms with Crippen molar-refractivity contribution < 1.29 is 0 Å². The summed E-state index contributed by atoms with van der Waals surface area (Å²) in [4.78, 5) is 2.52. The third-order valence-corrected chi connectivity index (χ3v) is 3.69. The molecule has 0 radical (unpaired) electrons. The summed E-state index contributed by atoms with van der Waals surface area (Å²) in [7, 11) is 2.26. The van der Waals surface area contributed by atoms with Crippen molar-refractivity contribution in [3.63, 3.8) is 0 Å². The van der Waals surface area contributed by atoms with E-state index in [1.54, 1.807) is 0 Å². The van der Waals surface area contributed by atoms with Gasteiger partial charge in [-0.1, -0.05) is 13.8 Å². The van der Waals surface area contributed by atoms with Gasteiger partial charge in [-0.3, -0.25) is 0 Å². The van der Waals surface area contributed by atoms with E-state index < -0.39 is 0 Å². The maximum Gasteiger partial charge on any atom is 0.00664 e. The third kappa shape index (κ3) is 4.52. The molecule has 3 unspecified atom stereocenters. The third-order valence-electron chi connectivity index (χ3n) is 3.69. The van der Waals surface area contributed by atoms with Gasteiger partial charge in [0.1, 0.15) is 0 Å². The Morgan fingerprint density at radius 3 is 2.40 bits per heavy atom. The topological polar surface area (TPSA) is 29.3 Å². The van der Waals surface area contributed by atoms with E-state index in [1.807, 2.05) is 0 Å². The zero-order valence-electron chi connectivity index (χ0n) is 10.9. The lowest BCUT2D eigenvalue weighted by Gasteiger charge is -2.28. The Labute approximate surface area is 95.2 Å². The first kappa shape index (κ1) is 13.0. The van der Waals surface area contributed by atoms with Crippen LogP contribution in [0, 0.1) is 11.8 Å². The van der Waals surface area contributed by atoms with Gasteiger partial charge in [-0.25, -0.2) is 0 Å². The van der Waals surface area contributed by atoms with Crippen molar-refractivity contribution >= 4 is 0 Å². The van der Waals surface area contributed by atoms with E-state index in [-0.39, 0.29) is 0 Å². The Kier molecular flexibility index (Phi) is 5.07. The van der Waals surface area contributed by atoms with E-state index in [0.717, 1.165) is 11.8 Å². The predicted molar refractivity (Wildman–Crippen MR) is 66.9 cm³/mol. The molecular formula is C13H28N2. The SMILES string of the molecule is CC(C)CC(C)N(C)CC1CCC(N)C1. The highest BCUT2D eigenvalue weighted by atomic mass is 15.1. The van der Waals surface area contributed by atoms with Crippen molar-refractivity contribution in [2.24, 2.45) is 17.6 Å². The van der Waals surface area contributed by atoms with E-state index >= 15 is 0 Å². The second kappa shape index (κ2) is 5.86. The van der Waals surface area contributed by atoms with E-state index in [1.165, 1.54) is 32.2 Å². The fourth-order valence-electron chi connectivity index (χ4n) is 2.73. The van der Waals surface area contributed by atoms with Crippen LogP contribution in [0.25, 0.3) is 0 Å². The molecule has 2 nitrogen and oxygen atoms in total. The van der Waals surface area contributed by atoms with E-state index in [0.29, 0.717) is 12.1 Å². The Morgan fingerprint density at radius 1 is 1.27 bits per heavy atom. The first-order valence-electron chi connectivity index (χ1n) is 6.44. The zero-order chi connectivity index (χ0) is 11.4. The van der Waals surface area contributed by atoms with Gasteiger partial charge < -0.3 is 10.6 Å². The van der Waals surface area contributed by atoms with Gasteiger partial charge >= 0.3 is 0 Å². The summed E-state index contributed by atoms with van der Waals surface area (Å²) in [6, 6.07) is 1.19. The van der Waals surface area contributed by atoms with Gasteiger partial charge in [-0.15, -0.1) is 0 Å². The molecule has 2 heteroatoms. The van der Waals surface area contributed by atoms with E-state index in [9.17, 15) is 0 Å². The minimum Gasteiger partial charge on any atom is -0.328 e.